The van der Waals surface area contributed by atoms with Gasteiger partial charge in [-0.15, -0.1) is 0 Å². The standard InChI is InChI=1S/C23H31FN4O/c1-2-3-4-5-6-12-25-23(29)18-10-13-28(14-11-18)22-16-21(26-17-27-22)19-8-7-9-20(24)15-19/h7-9,15-18H,2-6,10-14H2,1H3,(H,25,29). The van der Waals surface area contributed by atoms with E-state index >= 15 is 0 Å². The molecule has 0 spiro atoms. The molecule has 0 atom stereocenters. The zero-order valence-corrected chi connectivity index (χ0v) is 17.2. The zero-order valence-electron chi connectivity index (χ0n) is 17.2. The number of rotatable bonds is 9. The molecule has 0 bridgehead atoms. The molecule has 1 aromatic carbocycles. The molecule has 1 aromatic heterocycles. The van der Waals surface area contributed by atoms with Gasteiger partial charge in [-0.25, -0.2) is 14.4 Å². The Hall–Kier alpha value is -2.50. The number of hydrogen-bond donors (Lipinski definition) is 1. The molecule has 5 nitrogen and oxygen atoms in total. The van der Waals surface area contributed by atoms with Gasteiger partial charge in [0.1, 0.15) is 18.0 Å². The minimum absolute atomic E-state index is 0.0754. The smallest absolute Gasteiger partial charge is 0.223 e. The van der Waals surface area contributed by atoms with E-state index in [1.54, 1.807) is 6.07 Å². The summed E-state index contributed by atoms with van der Waals surface area (Å²) in [6.45, 7) is 4.56. The van der Waals surface area contributed by atoms with Crippen molar-refractivity contribution in [3.8, 4) is 11.3 Å². The van der Waals surface area contributed by atoms with Crippen LogP contribution in [0.25, 0.3) is 11.3 Å². The number of carbonyl (C=O) groups excluding carboxylic acids is 1. The predicted octanol–water partition coefficient (Wildman–Crippen LogP) is 4.59. The first kappa shape index (κ1) is 21.2. The van der Waals surface area contributed by atoms with Crippen LogP contribution in [0.2, 0.25) is 0 Å². The molecule has 1 saturated heterocycles. The number of piperidine rings is 1. The molecule has 2 heterocycles. The van der Waals surface area contributed by atoms with Crippen LogP contribution in [-0.2, 0) is 4.79 Å². The Labute approximate surface area is 172 Å². The second kappa shape index (κ2) is 10.9. The summed E-state index contributed by atoms with van der Waals surface area (Å²) < 4.78 is 13.5. The molecule has 3 rings (SSSR count). The number of benzene rings is 1. The van der Waals surface area contributed by atoms with Crippen LogP contribution >= 0.6 is 0 Å². The quantitative estimate of drug-likeness (QED) is 0.628. The van der Waals surface area contributed by atoms with Crippen LogP contribution in [0.3, 0.4) is 0 Å². The number of unbranched alkanes of at least 4 members (excludes halogenated alkanes) is 4. The monoisotopic (exact) mass is 398 g/mol. The van der Waals surface area contributed by atoms with E-state index in [0.29, 0.717) is 5.69 Å². The molecule has 1 aliphatic rings. The number of halogens is 1. The predicted molar refractivity (Wildman–Crippen MR) is 114 cm³/mol. The average Bonchev–Trinajstić information content (AvgIpc) is 2.76. The highest BCUT2D eigenvalue weighted by atomic mass is 19.1. The minimum Gasteiger partial charge on any atom is -0.356 e. The van der Waals surface area contributed by atoms with Gasteiger partial charge in [0.2, 0.25) is 5.91 Å². The molecule has 1 N–H and O–H groups in total. The third kappa shape index (κ3) is 6.24. The molecule has 1 aliphatic heterocycles. The molecule has 0 saturated carbocycles. The summed E-state index contributed by atoms with van der Waals surface area (Å²) >= 11 is 0. The third-order valence-electron chi connectivity index (χ3n) is 5.54. The maximum atomic E-state index is 13.5. The first-order valence-corrected chi connectivity index (χ1v) is 10.8. The van der Waals surface area contributed by atoms with E-state index in [2.05, 4.69) is 27.1 Å². The second-order valence-corrected chi connectivity index (χ2v) is 7.74. The summed E-state index contributed by atoms with van der Waals surface area (Å²) in [6.07, 6.45) is 9.18. The average molecular weight is 399 g/mol. The van der Waals surface area contributed by atoms with Crippen molar-refractivity contribution in [2.45, 2.75) is 51.9 Å². The van der Waals surface area contributed by atoms with Crippen molar-refractivity contribution < 1.29 is 9.18 Å². The molecule has 29 heavy (non-hydrogen) atoms. The summed E-state index contributed by atoms with van der Waals surface area (Å²) in [6, 6.07) is 8.32. The van der Waals surface area contributed by atoms with E-state index in [-0.39, 0.29) is 17.6 Å². The Balaban J connectivity index is 1.48. The largest absolute Gasteiger partial charge is 0.356 e. The summed E-state index contributed by atoms with van der Waals surface area (Å²) in [5.41, 5.74) is 1.44. The number of carbonyl (C=O) groups is 1. The van der Waals surface area contributed by atoms with Gasteiger partial charge in [-0.1, -0.05) is 44.7 Å². The lowest BCUT2D eigenvalue weighted by Gasteiger charge is -2.32. The van der Waals surface area contributed by atoms with Gasteiger partial charge in [-0.2, -0.15) is 0 Å². The van der Waals surface area contributed by atoms with E-state index in [1.165, 1.54) is 44.1 Å². The maximum absolute atomic E-state index is 13.5. The lowest BCUT2D eigenvalue weighted by atomic mass is 9.95. The first-order valence-electron chi connectivity index (χ1n) is 10.8. The second-order valence-electron chi connectivity index (χ2n) is 7.74. The van der Waals surface area contributed by atoms with Gasteiger partial charge in [0.15, 0.2) is 0 Å². The molecule has 156 valence electrons. The highest BCUT2D eigenvalue weighted by Crippen LogP contribution is 2.25. The number of aromatic nitrogens is 2. The van der Waals surface area contributed by atoms with Crippen LogP contribution in [0.5, 0.6) is 0 Å². The SMILES string of the molecule is CCCCCCCNC(=O)C1CCN(c2cc(-c3cccc(F)c3)ncn2)CC1. The minimum atomic E-state index is -0.278. The van der Waals surface area contributed by atoms with Gasteiger partial charge in [0.25, 0.3) is 0 Å². The zero-order chi connectivity index (χ0) is 20.5. The number of amides is 1. The molecular weight excluding hydrogens is 367 g/mol. The fourth-order valence-corrected chi connectivity index (χ4v) is 3.78. The van der Waals surface area contributed by atoms with Crippen LogP contribution < -0.4 is 10.2 Å². The number of nitrogens with zero attached hydrogens (tertiary/aromatic N) is 3. The lowest BCUT2D eigenvalue weighted by molar-refractivity contribution is -0.125. The Morgan fingerprint density at radius 3 is 2.69 bits per heavy atom. The third-order valence-corrected chi connectivity index (χ3v) is 5.54. The number of nitrogens with one attached hydrogen (secondary N) is 1. The summed E-state index contributed by atoms with van der Waals surface area (Å²) in [7, 11) is 0. The molecule has 1 amide bonds. The van der Waals surface area contributed by atoms with Crippen LogP contribution in [0.1, 0.15) is 51.9 Å². The number of hydrogen-bond acceptors (Lipinski definition) is 4. The van der Waals surface area contributed by atoms with E-state index in [9.17, 15) is 9.18 Å². The van der Waals surface area contributed by atoms with Crippen LogP contribution in [-0.4, -0.2) is 35.5 Å². The molecule has 0 unspecified atom stereocenters. The Bertz CT molecular complexity index is 790. The van der Waals surface area contributed by atoms with E-state index < -0.39 is 0 Å². The van der Waals surface area contributed by atoms with Gasteiger partial charge in [0, 0.05) is 37.2 Å². The van der Waals surface area contributed by atoms with Crippen molar-refractivity contribution in [2.75, 3.05) is 24.5 Å². The van der Waals surface area contributed by atoms with Crippen LogP contribution in [0, 0.1) is 11.7 Å². The lowest BCUT2D eigenvalue weighted by Crippen LogP contribution is -2.41. The van der Waals surface area contributed by atoms with E-state index in [4.69, 9.17) is 0 Å². The van der Waals surface area contributed by atoms with Gasteiger partial charge in [-0.05, 0) is 31.4 Å². The van der Waals surface area contributed by atoms with E-state index in [0.717, 1.165) is 50.3 Å². The maximum Gasteiger partial charge on any atom is 0.223 e. The summed E-state index contributed by atoms with van der Waals surface area (Å²) in [5.74, 6) is 0.809. The van der Waals surface area contributed by atoms with Gasteiger partial charge < -0.3 is 10.2 Å². The highest BCUT2D eigenvalue weighted by molar-refractivity contribution is 5.79. The fourth-order valence-electron chi connectivity index (χ4n) is 3.78. The van der Waals surface area contributed by atoms with Crippen LogP contribution in [0.4, 0.5) is 10.2 Å². The topological polar surface area (TPSA) is 58.1 Å². The molecule has 0 aliphatic carbocycles. The van der Waals surface area contributed by atoms with Gasteiger partial charge in [0.05, 0.1) is 5.69 Å². The van der Waals surface area contributed by atoms with Crippen molar-refractivity contribution >= 4 is 11.7 Å². The normalized spacial score (nSPS) is 14.8. The molecule has 6 heteroatoms. The van der Waals surface area contributed by atoms with Crippen molar-refractivity contribution in [2.24, 2.45) is 5.92 Å². The molecule has 1 fully saturated rings. The van der Waals surface area contributed by atoms with Gasteiger partial charge >= 0.3 is 0 Å². The van der Waals surface area contributed by atoms with Crippen molar-refractivity contribution in [1.82, 2.24) is 15.3 Å². The molecule has 0 radical (unpaired) electrons. The Kier molecular flexibility index (Phi) is 7.96. The number of anilines is 1. The summed E-state index contributed by atoms with van der Waals surface area (Å²) in [5, 5.41) is 3.10. The molecular formula is C23H31FN4O. The summed E-state index contributed by atoms with van der Waals surface area (Å²) in [4.78, 5) is 23.3. The van der Waals surface area contributed by atoms with Gasteiger partial charge in [-0.3, -0.25) is 4.79 Å². The van der Waals surface area contributed by atoms with Crippen molar-refractivity contribution in [1.29, 1.82) is 0 Å². The van der Waals surface area contributed by atoms with Crippen molar-refractivity contribution in [3.05, 3.63) is 42.5 Å². The fraction of sp³-hybridized carbons (Fsp3) is 0.522. The van der Waals surface area contributed by atoms with E-state index in [1.807, 2.05) is 12.1 Å². The Morgan fingerprint density at radius 2 is 1.93 bits per heavy atom. The first-order chi connectivity index (χ1) is 14.2. The van der Waals surface area contributed by atoms with Crippen LogP contribution in [0.15, 0.2) is 36.7 Å². The van der Waals surface area contributed by atoms with Crippen molar-refractivity contribution in [3.63, 3.8) is 0 Å². The highest BCUT2D eigenvalue weighted by Gasteiger charge is 2.25. The Morgan fingerprint density at radius 1 is 1.14 bits per heavy atom. The molecule has 2 aromatic rings.